The van der Waals surface area contributed by atoms with E-state index in [1.165, 1.54) is 36.4 Å². The first-order valence-corrected chi connectivity index (χ1v) is 19.3. The van der Waals surface area contributed by atoms with Crippen LogP contribution in [0.3, 0.4) is 0 Å². The highest BCUT2D eigenvalue weighted by molar-refractivity contribution is 5.87. The van der Waals surface area contributed by atoms with Crippen LogP contribution in [0.25, 0.3) is 44.6 Å². The van der Waals surface area contributed by atoms with Gasteiger partial charge in [-0.3, -0.25) is 9.59 Å². The predicted octanol–water partition coefficient (Wildman–Crippen LogP) is 0.206. The number of aliphatic carboxylic acids is 1. The maximum atomic E-state index is 12.6. The summed E-state index contributed by atoms with van der Waals surface area (Å²) in [6, 6.07) is 15.3. The van der Waals surface area contributed by atoms with Crippen LogP contribution in [0.1, 0.15) is 5.56 Å². The van der Waals surface area contributed by atoms with E-state index in [1.54, 1.807) is 19.1 Å². The van der Waals surface area contributed by atoms with Gasteiger partial charge in [0.05, 0.1) is 6.61 Å². The van der Waals surface area contributed by atoms with Crippen LogP contribution in [0.5, 0.6) is 40.2 Å². The van der Waals surface area contributed by atoms with E-state index in [4.69, 9.17) is 32.9 Å². The van der Waals surface area contributed by atoms with Crippen molar-refractivity contribution in [3.63, 3.8) is 0 Å². The van der Waals surface area contributed by atoms with Crippen LogP contribution in [-0.4, -0.2) is 140 Å². The van der Waals surface area contributed by atoms with E-state index in [0.29, 0.717) is 11.1 Å². The lowest BCUT2D eigenvalue weighted by Crippen LogP contribution is -2.61. The molecule has 4 heterocycles. The zero-order valence-electron chi connectivity index (χ0n) is 33.4. The fourth-order valence-corrected chi connectivity index (χ4v) is 6.93. The Morgan fingerprint density at radius 3 is 1.51 bits per heavy atom. The summed E-state index contributed by atoms with van der Waals surface area (Å²) >= 11 is 0. The number of carboxylic acids is 1. The Bertz CT molecular complexity index is 2870. The van der Waals surface area contributed by atoms with Gasteiger partial charge in [0.25, 0.3) is 0 Å². The highest BCUT2D eigenvalue weighted by atomic mass is 16.7. The highest BCUT2D eigenvalue weighted by Gasteiger charge is 2.48. The fourth-order valence-electron chi connectivity index (χ4n) is 6.93. The van der Waals surface area contributed by atoms with Crippen molar-refractivity contribution in [3.8, 4) is 62.9 Å². The van der Waals surface area contributed by atoms with Gasteiger partial charge < -0.3 is 94.2 Å². The molecule has 344 valence electrons. The molecule has 0 saturated carbocycles. The molecule has 0 bridgehead atoms. The molecular formula is C43H40O22. The second-order valence-electron chi connectivity index (χ2n) is 15.0. The van der Waals surface area contributed by atoms with E-state index >= 15 is 0 Å². The molecular weight excluding hydrogens is 868 g/mol. The van der Waals surface area contributed by atoms with Gasteiger partial charge in [0.15, 0.2) is 28.5 Å². The van der Waals surface area contributed by atoms with Crippen molar-refractivity contribution in [2.75, 3.05) is 6.61 Å². The molecule has 65 heavy (non-hydrogen) atoms. The van der Waals surface area contributed by atoms with E-state index in [-0.39, 0.29) is 62.0 Å². The average molecular weight is 909 g/mol. The van der Waals surface area contributed by atoms with Gasteiger partial charge in [-0.25, -0.2) is 4.79 Å². The number of hydrogen-bond acceptors (Lipinski definition) is 21. The lowest BCUT2D eigenvalue weighted by Gasteiger charge is -2.39. The number of fused-ring (bicyclic) bond motifs is 2. The maximum absolute atomic E-state index is 12.6. The van der Waals surface area contributed by atoms with E-state index in [2.05, 4.69) is 0 Å². The number of phenolic OH excluding ortho intramolecular Hbond substituents is 5. The molecule has 10 atom stereocenters. The van der Waals surface area contributed by atoms with E-state index in [1.807, 2.05) is 0 Å². The number of aryl methyl sites for hydroxylation is 1. The molecule has 0 amide bonds. The highest BCUT2D eigenvalue weighted by Crippen LogP contribution is 2.37. The molecule has 22 nitrogen and oxygen atoms in total. The number of carbonyl (C=O) groups is 1. The number of phenols is 5. The first-order valence-electron chi connectivity index (χ1n) is 19.3. The Hall–Kier alpha value is -6.99. The van der Waals surface area contributed by atoms with Crippen LogP contribution in [0.2, 0.25) is 0 Å². The second kappa shape index (κ2) is 18.2. The van der Waals surface area contributed by atoms with Crippen molar-refractivity contribution in [1.29, 1.82) is 0 Å². The molecule has 0 spiro atoms. The molecule has 2 aromatic heterocycles. The lowest BCUT2D eigenvalue weighted by molar-refractivity contribution is -0.277. The Balaban J connectivity index is 0.000000194. The first-order chi connectivity index (χ1) is 30.8. The number of rotatable bonds is 8. The molecule has 6 aromatic rings. The maximum Gasteiger partial charge on any atom is 0.335 e. The smallest absolute Gasteiger partial charge is 0.335 e. The van der Waals surface area contributed by atoms with Gasteiger partial charge in [0.2, 0.25) is 12.6 Å². The van der Waals surface area contributed by atoms with E-state index < -0.39 is 102 Å². The Labute approximate surface area is 363 Å². The number of aliphatic hydroxyl groups is 7. The molecule has 0 aliphatic carbocycles. The number of carboxylic acid groups (broad SMARTS) is 1. The van der Waals surface area contributed by atoms with Crippen molar-refractivity contribution in [1.82, 2.24) is 0 Å². The van der Waals surface area contributed by atoms with Gasteiger partial charge in [0.1, 0.15) is 105 Å². The Morgan fingerprint density at radius 1 is 0.554 bits per heavy atom. The van der Waals surface area contributed by atoms with Crippen molar-refractivity contribution in [3.05, 3.63) is 98.8 Å². The third-order valence-electron chi connectivity index (χ3n) is 10.5. The van der Waals surface area contributed by atoms with Gasteiger partial charge in [0, 0.05) is 47.5 Å². The number of ether oxygens (including phenoxy) is 4. The normalized spacial score (nSPS) is 25.4. The summed E-state index contributed by atoms with van der Waals surface area (Å²) in [5.74, 6) is -3.53. The second-order valence-corrected chi connectivity index (χ2v) is 15.0. The monoisotopic (exact) mass is 908 g/mol. The fraction of sp³-hybridized carbons (Fsp3) is 0.279. The predicted molar refractivity (Wildman–Crippen MR) is 218 cm³/mol. The van der Waals surface area contributed by atoms with Crippen LogP contribution in [-0.2, 0) is 14.3 Å². The molecule has 4 aromatic carbocycles. The van der Waals surface area contributed by atoms with Crippen LogP contribution < -0.4 is 20.3 Å². The molecule has 2 aliphatic heterocycles. The number of aliphatic hydroxyl groups excluding tert-OH is 7. The number of hydrogen-bond donors (Lipinski definition) is 13. The molecule has 2 saturated heterocycles. The zero-order chi connectivity index (χ0) is 47.2. The van der Waals surface area contributed by atoms with Crippen molar-refractivity contribution >= 4 is 27.9 Å². The minimum absolute atomic E-state index is 0.00709. The standard InChI is InChI=1S/C22H20O11.C21H20O11/c1-8-2-3-9(4-11(8)23)14-7-13(25)16-12(24)5-10(6-15(16)32-14)31-22-19(28)17(26)18(27)20(33-22)21(29)30;22-7-16-18(27)19(28)20(29)21(32-16)30-9-4-12(25)17-13(26)6-14(31-15(17)5-9)8-1-2-10(23)11(24)3-8/h2-7,17-20,22-24,26-28H,1H3,(H,29,30);1-6,16,18-25,27-29H,7H2/t17-,18-,19+,20-,22?;16-,18-,19+,20-,21?/m01/s1. The first kappa shape index (κ1) is 46.0. The summed E-state index contributed by atoms with van der Waals surface area (Å²) in [5.41, 5.74) is -0.0741. The quantitative estimate of drug-likeness (QED) is 0.0907. The summed E-state index contributed by atoms with van der Waals surface area (Å²) < 4.78 is 32.6. The molecule has 22 heteroatoms. The SMILES string of the molecule is Cc1ccc(-c2cc(=O)c3c(O)cc(OC4O[C@H](C(=O)O)[C@@H](O)[C@H](O)[C@H]4O)cc3o2)cc1O.O=c1cc(-c2ccc(O)c(O)c2)oc2cc(OC3O[C@H](CO)[C@@H](O)[C@H](O)[C@H]3O)cc(O)c12. The van der Waals surface area contributed by atoms with Gasteiger partial charge in [-0.05, 0) is 36.8 Å². The van der Waals surface area contributed by atoms with Crippen molar-refractivity contribution < 1.29 is 99.0 Å². The topological polar surface area (TPSA) is 377 Å². The van der Waals surface area contributed by atoms with E-state index in [9.17, 15) is 75.7 Å². The van der Waals surface area contributed by atoms with Crippen LogP contribution in [0, 0.1) is 6.92 Å². The van der Waals surface area contributed by atoms with Crippen LogP contribution in [0.4, 0.5) is 0 Å². The molecule has 0 radical (unpaired) electrons. The molecule has 8 rings (SSSR count). The summed E-state index contributed by atoms with van der Waals surface area (Å²) in [7, 11) is 0. The Kier molecular flexibility index (Phi) is 12.9. The third kappa shape index (κ3) is 9.19. The van der Waals surface area contributed by atoms with Crippen LogP contribution in [0.15, 0.2) is 91.2 Å². The summed E-state index contributed by atoms with van der Waals surface area (Å²) in [6.07, 6.45) is -16.8. The van der Waals surface area contributed by atoms with Gasteiger partial charge in [-0.2, -0.15) is 0 Å². The third-order valence-corrected chi connectivity index (χ3v) is 10.5. The molecule has 2 aliphatic rings. The molecule has 2 unspecified atom stereocenters. The van der Waals surface area contributed by atoms with Crippen molar-refractivity contribution in [2.24, 2.45) is 0 Å². The van der Waals surface area contributed by atoms with Crippen molar-refractivity contribution in [2.45, 2.75) is 68.3 Å². The summed E-state index contributed by atoms with van der Waals surface area (Å²) in [5, 5.41) is 128. The summed E-state index contributed by atoms with van der Waals surface area (Å²) in [4.78, 5) is 36.4. The Morgan fingerprint density at radius 2 is 1.03 bits per heavy atom. The van der Waals surface area contributed by atoms with Gasteiger partial charge >= 0.3 is 5.97 Å². The number of benzene rings is 4. The van der Waals surface area contributed by atoms with Crippen LogP contribution >= 0.6 is 0 Å². The van der Waals surface area contributed by atoms with Gasteiger partial charge in [-0.15, -0.1) is 0 Å². The minimum Gasteiger partial charge on any atom is -0.508 e. The zero-order valence-corrected chi connectivity index (χ0v) is 33.4. The lowest BCUT2D eigenvalue weighted by atomic mass is 9.99. The number of aromatic hydroxyl groups is 5. The van der Waals surface area contributed by atoms with Gasteiger partial charge in [-0.1, -0.05) is 12.1 Å². The molecule has 2 fully saturated rings. The molecule has 13 N–H and O–H groups in total. The largest absolute Gasteiger partial charge is 0.508 e. The average Bonchev–Trinajstić information content (AvgIpc) is 3.25. The van der Waals surface area contributed by atoms with E-state index in [0.717, 1.165) is 24.3 Å². The minimum atomic E-state index is -1.89. The summed E-state index contributed by atoms with van der Waals surface area (Å²) in [6.45, 7) is 1.05.